The maximum atomic E-state index is 12.0. The van der Waals surface area contributed by atoms with E-state index in [1.807, 2.05) is 6.92 Å². The van der Waals surface area contributed by atoms with E-state index in [2.05, 4.69) is 10.6 Å². The predicted octanol–water partition coefficient (Wildman–Crippen LogP) is -1.64. The quantitative estimate of drug-likeness (QED) is 0.567. The van der Waals surface area contributed by atoms with Crippen LogP contribution in [0.3, 0.4) is 0 Å². The molecule has 2 rings (SSSR count). The largest absolute Gasteiger partial charge is 0.336 e. The Kier molecular flexibility index (Phi) is 3.28. The van der Waals surface area contributed by atoms with E-state index in [1.165, 1.54) is 4.90 Å². The molecule has 0 bridgehead atoms. The first-order chi connectivity index (χ1) is 8.08. The minimum absolute atomic E-state index is 0.0228. The van der Waals surface area contributed by atoms with Gasteiger partial charge in [0.2, 0.25) is 11.8 Å². The van der Waals surface area contributed by atoms with Crippen LogP contribution in [0.1, 0.15) is 6.92 Å². The standard InChI is InChI=1S/C10H16N4O3/c1-7-4-11-2-3-14(7)9(16)6-13-5-8(15)12-10(13)17/h7,11H,2-6H2,1H3,(H,12,15,17)/t7-/m0/s1. The molecule has 2 fully saturated rings. The summed E-state index contributed by atoms with van der Waals surface area (Å²) < 4.78 is 0. The topological polar surface area (TPSA) is 81.8 Å². The average molecular weight is 240 g/mol. The Morgan fingerprint density at radius 1 is 1.47 bits per heavy atom. The van der Waals surface area contributed by atoms with Crippen molar-refractivity contribution in [1.82, 2.24) is 20.4 Å². The molecular formula is C10H16N4O3. The van der Waals surface area contributed by atoms with Crippen LogP contribution < -0.4 is 10.6 Å². The molecule has 94 valence electrons. The number of carbonyl (C=O) groups excluding carboxylic acids is 3. The van der Waals surface area contributed by atoms with Crippen molar-refractivity contribution in [1.29, 1.82) is 0 Å². The van der Waals surface area contributed by atoms with Crippen LogP contribution >= 0.6 is 0 Å². The van der Waals surface area contributed by atoms with Crippen molar-refractivity contribution < 1.29 is 14.4 Å². The highest BCUT2D eigenvalue weighted by molar-refractivity contribution is 6.03. The van der Waals surface area contributed by atoms with Gasteiger partial charge < -0.3 is 15.1 Å². The van der Waals surface area contributed by atoms with Crippen molar-refractivity contribution in [3.05, 3.63) is 0 Å². The summed E-state index contributed by atoms with van der Waals surface area (Å²) in [5.74, 6) is -0.458. The molecule has 0 unspecified atom stereocenters. The van der Waals surface area contributed by atoms with Crippen LogP contribution in [0.5, 0.6) is 0 Å². The zero-order valence-corrected chi connectivity index (χ0v) is 9.73. The number of hydrogen-bond donors (Lipinski definition) is 2. The van der Waals surface area contributed by atoms with Crippen molar-refractivity contribution in [2.24, 2.45) is 0 Å². The Bertz CT molecular complexity index is 357. The van der Waals surface area contributed by atoms with Gasteiger partial charge in [-0.05, 0) is 6.92 Å². The zero-order valence-electron chi connectivity index (χ0n) is 9.73. The molecule has 0 aromatic carbocycles. The van der Waals surface area contributed by atoms with Crippen molar-refractivity contribution in [2.75, 3.05) is 32.7 Å². The first kappa shape index (κ1) is 11.8. The third-order valence-electron chi connectivity index (χ3n) is 3.02. The molecule has 2 aliphatic heterocycles. The van der Waals surface area contributed by atoms with Crippen LogP contribution in [0.25, 0.3) is 0 Å². The van der Waals surface area contributed by atoms with Crippen LogP contribution in [0.4, 0.5) is 4.79 Å². The second kappa shape index (κ2) is 4.70. The average Bonchev–Trinajstić information content (AvgIpc) is 2.58. The SMILES string of the molecule is C[C@H]1CNCCN1C(=O)CN1CC(=O)NC1=O. The normalized spacial score (nSPS) is 25.1. The summed E-state index contributed by atoms with van der Waals surface area (Å²) in [6.07, 6.45) is 0. The number of imide groups is 1. The molecule has 2 N–H and O–H groups in total. The first-order valence-corrected chi connectivity index (χ1v) is 5.67. The van der Waals surface area contributed by atoms with Crippen molar-refractivity contribution in [3.8, 4) is 0 Å². The highest BCUT2D eigenvalue weighted by Crippen LogP contribution is 2.05. The van der Waals surface area contributed by atoms with Crippen LogP contribution in [-0.2, 0) is 9.59 Å². The van der Waals surface area contributed by atoms with Gasteiger partial charge in [-0.2, -0.15) is 0 Å². The molecule has 0 aromatic rings. The summed E-state index contributed by atoms with van der Waals surface area (Å²) in [6.45, 7) is 4.08. The fraction of sp³-hybridized carbons (Fsp3) is 0.700. The van der Waals surface area contributed by atoms with E-state index in [9.17, 15) is 14.4 Å². The number of carbonyl (C=O) groups is 3. The summed E-state index contributed by atoms with van der Waals surface area (Å²) in [4.78, 5) is 37.2. The number of piperazine rings is 1. The minimum Gasteiger partial charge on any atom is -0.336 e. The Morgan fingerprint density at radius 3 is 2.82 bits per heavy atom. The Hall–Kier alpha value is -1.63. The van der Waals surface area contributed by atoms with Gasteiger partial charge in [-0.3, -0.25) is 14.9 Å². The summed E-state index contributed by atoms with van der Waals surface area (Å²) in [5, 5.41) is 5.34. The molecule has 0 spiro atoms. The molecule has 2 aliphatic rings. The third-order valence-corrected chi connectivity index (χ3v) is 3.02. The highest BCUT2D eigenvalue weighted by atomic mass is 16.2. The molecule has 7 nitrogen and oxygen atoms in total. The molecule has 2 saturated heterocycles. The molecule has 0 aliphatic carbocycles. The lowest BCUT2D eigenvalue weighted by Crippen LogP contribution is -2.54. The van der Waals surface area contributed by atoms with Gasteiger partial charge in [0.15, 0.2) is 0 Å². The van der Waals surface area contributed by atoms with E-state index in [-0.39, 0.29) is 30.9 Å². The molecule has 0 radical (unpaired) electrons. The van der Waals surface area contributed by atoms with Crippen LogP contribution in [0.15, 0.2) is 0 Å². The van der Waals surface area contributed by atoms with Crippen LogP contribution in [0, 0.1) is 0 Å². The maximum absolute atomic E-state index is 12.0. The van der Waals surface area contributed by atoms with Crippen LogP contribution in [-0.4, -0.2) is 66.4 Å². The Balaban J connectivity index is 1.92. The maximum Gasteiger partial charge on any atom is 0.325 e. The van der Waals surface area contributed by atoms with Crippen molar-refractivity contribution in [2.45, 2.75) is 13.0 Å². The fourth-order valence-electron chi connectivity index (χ4n) is 2.08. The van der Waals surface area contributed by atoms with E-state index < -0.39 is 6.03 Å². The molecule has 7 heteroatoms. The van der Waals surface area contributed by atoms with Crippen LogP contribution in [0.2, 0.25) is 0 Å². The fourth-order valence-corrected chi connectivity index (χ4v) is 2.08. The van der Waals surface area contributed by atoms with Crippen molar-refractivity contribution in [3.63, 3.8) is 0 Å². The van der Waals surface area contributed by atoms with Gasteiger partial charge in [0.1, 0.15) is 13.1 Å². The lowest BCUT2D eigenvalue weighted by molar-refractivity contribution is -0.134. The predicted molar refractivity (Wildman–Crippen MR) is 59.2 cm³/mol. The molecule has 17 heavy (non-hydrogen) atoms. The van der Waals surface area contributed by atoms with Gasteiger partial charge in [-0.15, -0.1) is 0 Å². The Labute approximate surface area is 99.1 Å². The first-order valence-electron chi connectivity index (χ1n) is 5.67. The number of amides is 4. The summed E-state index contributed by atoms with van der Waals surface area (Å²) in [6, 6.07) is -0.358. The summed E-state index contributed by atoms with van der Waals surface area (Å²) in [7, 11) is 0. The lowest BCUT2D eigenvalue weighted by atomic mass is 10.2. The Morgan fingerprint density at radius 2 is 2.24 bits per heavy atom. The number of nitrogens with one attached hydrogen (secondary N) is 2. The van der Waals surface area contributed by atoms with Gasteiger partial charge in [-0.25, -0.2) is 4.79 Å². The van der Waals surface area contributed by atoms with E-state index in [0.717, 1.165) is 13.1 Å². The monoisotopic (exact) mass is 240 g/mol. The van der Waals surface area contributed by atoms with E-state index in [1.54, 1.807) is 4.90 Å². The van der Waals surface area contributed by atoms with E-state index in [4.69, 9.17) is 0 Å². The zero-order chi connectivity index (χ0) is 12.4. The molecule has 0 saturated carbocycles. The van der Waals surface area contributed by atoms with E-state index in [0.29, 0.717) is 6.54 Å². The molecule has 1 atom stereocenters. The van der Waals surface area contributed by atoms with Crippen molar-refractivity contribution >= 4 is 17.8 Å². The highest BCUT2D eigenvalue weighted by Gasteiger charge is 2.31. The lowest BCUT2D eigenvalue weighted by Gasteiger charge is -2.34. The van der Waals surface area contributed by atoms with Gasteiger partial charge in [-0.1, -0.05) is 0 Å². The number of nitrogens with zero attached hydrogens (tertiary/aromatic N) is 2. The summed E-state index contributed by atoms with van der Waals surface area (Å²) in [5.41, 5.74) is 0. The smallest absolute Gasteiger partial charge is 0.325 e. The third kappa shape index (κ3) is 2.55. The molecular weight excluding hydrogens is 224 g/mol. The van der Waals surface area contributed by atoms with E-state index >= 15 is 0 Å². The molecule has 4 amide bonds. The van der Waals surface area contributed by atoms with Gasteiger partial charge in [0.25, 0.3) is 0 Å². The number of hydrogen-bond acceptors (Lipinski definition) is 4. The molecule has 2 heterocycles. The molecule has 0 aromatic heterocycles. The van der Waals surface area contributed by atoms with Gasteiger partial charge in [0.05, 0.1) is 0 Å². The number of rotatable bonds is 2. The second-order valence-corrected chi connectivity index (χ2v) is 4.35. The second-order valence-electron chi connectivity index (χ2n) is 4.35. The summed E-state index contributed by atoms with van der Waals surface area (Å²) >= 11 is 0. The number of urea groups is 1. The van der Waals surface area contributed by atoms with Gasteiger partial charge in [0, 0.05) is 25.7 Å². The van der Waals surface area contributed by atoms with Gasteiger partial charge >= 0.3 is 6.03 Å². The minimum atomic E-state index is -0.480.